The fourth-order valence-corrected chi connectivity index (χ4v) is 4.04. The van der Waals surface area contributed by atoms with Crippen LogP contribution in [0.15, 0.2) is 54.6 Å². The van der Waals surface area contributed by atoms with Crippen LogP contribution in [0.3, 0.4) is 0 Å². The lowest BCUT2D eigenvalue weighted by molar-refractivity contribution is 0.0854. The maximum Gasteiger partial charge on any atom is 0.270 e. The molecule has 1 aliphatic heterocycles. The normalized spacial score (nSPS) is 16.2. The highest BCUT2D eigenvalue weighted by atomic mass is 16.5. The molecule has 1 aliphatic rings. The molecule has 0 aliphatic carbocycles. The van der Waals surface area contributed by atoms with E-state index >= 15 is 0 Å². The van der Waals surface area contributed by atoms with Crippen LogP contribution in [0.5, 0.6) is 5.75 Å². The largest absolute Gasteiger partial charge is 0.497 e. The summed E-state index contributed by atoms with van der Waals surface area (Å²) < 4.78 is 11.0. The highest BCUT2D eigenvalue weighted by molar-refractivity contribution is 6.13. The van der Waals surface area contributed by atoms with Crippen LogP contribution in [0.4, 0.5) is 0 Å². The van der Waals surface area contributed by atoms with Crippen LogP contribution in [0.1, 0.15) is 23.3 Å². The second-order valence-corrected chi connectivity index (χ2v) is 7.53. The number of ether oxygens (including phenoxy) is 2. The molecule has 2 N–H and O–H groups in total. The smallest absolute Gasteiger partial charge is 0.270 e. The molecular formula is C24H23N3O3. The molecule has 30 heavy (non-hydrogen) atoms. The monoisotopic (exact) mass is 401 g/mol. The van der Waals surface area contributed by atoms with Gasteiger partial charge in [0.2, 0.25) is 0 Å². The van der Waals surface area contributed by atoms with Crippen molar-refractivity contribution in [1.82, 2.24) is 15.3 Å². The molecule has 1 amide bonds. The van der Waals surface area contributed by atoms with E-state index in [0.29, 0.717) is 12.2 Å². The lowest BCUT2D eigenvalue weighted by atomic mass is 10.1. The summed E-state index contributed by atoms with van der Waals surface area (Å²) in [5.74, 6) is 0.550. The van der Waals surface area contributed by atoms with Gasteiger partial charge in [-0.1, -0.05) is 30.3 Å². The van der Waals surface area contributed by atoms with Crippen molar-refractivity contribution in [2.75, 3.05) is 20.3 Å². The molecule has 0 bridgehead atoms. The second kappa shape index (κ2) is 7.80. The van der Waals surface area contributed by atoms with Gasteiger partial charge in [0.1, 0.15) is 11.4 Å². The Kier molecular flexibility index (Phi) is 4.85. The Bertz CT molecular complexity index is 1230. The van der Waals surface area contributed by atoms with E-state index in [4.69, 9.17) is 14.5 Å². The van der Waals surface area contributed by atoms with Crippen LogP contribution < -0.4 is 10.1 Å². The number of aromatic amines is 1. The molecule has 6 nitrogen and oxygen atoms in total. The van der Waals surface area contributed by atoms with E-state index in [0.717, 1.165) is 58.3 Å². The molecule has 0 unspecified atom stereocenters. The first-order chi connectivity index (χ1) is 14.7. The number of hydrogen-bond acceptors (Lipinski definition) is 4. The van der Waals surface area contributed by atoms with Gasteiger partial charge in [0, 0.05) is 35.0 Å². The summed E-state index contributed by atoms with van der Waals surface area (Å²) in [6, 6.07) is 17.7. The second-order valence-electron chi connectivity index (χ2n) is 7.53. The number of fused-ring (bicyclic) bond motifs is 3. The van der Waals surface area contributed by atoms with Crippen molar-refractivity contribution in [2.45, 2.75) is 18.9 Å². The highest BCUT2D eigenvalue weighted by Gasteiger charge is 2.20. The number of carbonyl (C=O) groups excluding carboxylic acids is 1. The number of nitrogens with zero attached hydrogens (tertiary/aromatic N) is 1. The van der Waals surface area contributed by atoms with Crippen LogP contribution in [0, 0.1) is 0 Å². The molecule has 1 fully saturated rings. The number of nitrogens with one attached hydrogen (secondary N) is 2. The van der Waals surface area contributed by atoms with E-state index in [-0.39, 0.29) is 12.0 Å². The molecule has 5 rings (SSSR count). The summed E-state index contributed by atoms with van der Waals surface area (Å²) in [5.41, 5.74) is 3.92. The molecule has 152 valence electrons. The Morgan fingerprint density at radius 1 is 1.20 bits per heavy atom. The number of hydrogen-bond donors (Lipinski definition) is 2. The van der Waals surface area contributed by atoms with E-state index in [1.165, 1.54) is 0 Å². The summed E-state index contributed by atoms with van der Waals surface area (Å²) in [7, 11) is 1.64. The fraction of sp³-hybridized carbons (Fsp3) is 0.250. The summed E-state index contributed by atoms with van der Waals surface area (Å²) in [5, 5.41) is 5.02. The Hall–Kier alpha value is -3.38. The van der Waals surface area contributed by atoms with Gasteiger partial charge in [0.15, 0.2) is 0 Å². The van der Waals surface area contributed by atoms with Crippen molar-refractivity contribution in [3.05, 3.63) is 60.3 Å². The molecule has 0 radical (unpaired) electrons. The van der Waals surface area contributed by atoms with Gasteiger partial charge in [-0.05, 0) is 37.1 Å². The molecule has 0 saturated carbocycles. The van der Waals surface area contributed by atoms with E-state index in [9.17, 15) is 4.79 Å². The third-order valence-electron chi connectivity index (χ3n) is 5.59. The maximum absolute atomic E-state index is 12.9. The molecular weight excluding hydrogens is 378 g/mol. The summed E-state index contributed by atoms with van der Waals surface area (Å²) in [4.78, 5) is 21.2. The third kappa shape index (κ3) is 3.39. The zero-order valence-corrected chi connectivity index (χ0v) is 16.8. The lowest BCUT2D eigenvalue weighted by Gasteiger charge is -2.12. The third-order valence-corrected chi connectivity index (χ3v) is 5.59. The van der Waals surface area contributed by atoms with Gasteiger partial charge in [0.05, 0.1) is 24.4 Å². The standard InChI is InChI=1S/C24H23N3O3/c1-29-16-7-4-6-15(12-16)22-23-19(18-9-2-3-10-20(18)26-23)13-21(27-22)24(28)25-14-17-8-5-11-30-17/h2-4,6-7,9-10,12-13,17,26H,5,8,11,14H2,1H3,(H,25,28)/t17-/m1/s1. The van der Waals surface area contributed by atoms with E-state index in [1.807, 2.05) is 48.5 Å². The summed E-state index contributed by atoms with van der Waals surface area (Å²) >= 11 is 0. The van der Waals surface area contributed by atoms with Crippen LogP contribution in [0.25, 0.3) is 33.1 Å². The zero-order chi connectivity index (χ0) is 20.5. The summed E-state index contributed by atoms with van der Waals surface area (Å²) in [6.45, 7) is 1.26. The molecule has 3 heterocycles. The minimum absolute atomic E-state index is 0.0867. The SMILES string of the molecule is COc1cccc(-c2nc(C(=O)NC[C@H]3CCCO3)cc3c2[nH]c2ccccc23)c1. The number of aromatic nitrogens is 2. The predicted molar refractivity (Wildman–Crippen MR) is 117 cm³/mol. The first-order valence-corrected chi connectivity index (χ1v) is 10.2. The molecule has 6 heteroatoms. The molecule has 1 atom stereocenters. The lowest BCUT2D eigenvalue weighted by Crippen LogP contribution is -2.32. The van der Waals surface area contributed by atoms with Gasteiger partial charge >= 0.3 is 0 Å². The van der Waals surface area contributed by atoms with Crippen molar-refractivity contribution in [3.63, 3.8) is 0 Å². The maximum atomic E-state index is 12.9. The Morgan fingerprint density at radius 3 is 2.93 bits per heavy atom. The number of carbonyl (C=O) groups is 1. The van der Waals surface area contributed by atoms with E-state index in [1.54, 1.807) is 7.11 Å². The first-order valence-electron chi connectivity index (χ1n) is 10.2. The number of para-hydroxylation sites is 1. The summed E-state index contributed by atoms with van der Waals surface area (Å²) in [6.07, 6.45) is 2.10. The Balaban J connectivity index is 1.62. The fourth-order valence-electron chi connectivity index (χ4n) is 4.04. The quantitative estimate of drug-likeness (QED) is 0.523. The Labute approximate surface area is 174 Å². The van der Waals surface area contributed by atoms with Gasteiger partial charge < -0.3 is 19.8 Å². The minimum Gasteiger partial charge on any atom is -0.497 e. The predicted octanol–water partition coefficient (Wildman–Crippen LogP) is 4.30. The van der Waals surface area contributed by atoms with Crippen molar-refractivity contribution >= 4 is 27.7 Å². The number of benzene rings is 2. The first kappa shape index (κ1) is 18.6. The molecule has 0 spiro atoms. The Morgan fingerprint density at radius 2 is 2.10 bits per heavy atom. The van der Waals surface area contributed by atoms with E-state index in [2.05, 4.69) is 16.4 Å². The van der Waals surface area contributed by atoms with Crippen molar-refractivity contribution in [2.24, 2.45) is 0 Å². The van der Waals surface area contributed by atoms with E-state index < -0.39 is 0 Å². The average molecular weight is 401 g/mol. The number of rotatable bonds is 5. The van der Waals surface area contributed by atoms with Crippen LogP contribution in [0.2, 0.25) is 0 Å². The zero-order valence-electron chi connectivity index (χ0n) is 16.8. The number of pyridine rings is 1. The van der Waals surface area contributed by atoms with Gasteiger partial charge in [-0.2, -0.15) is 0 Å². The van der Waals surface area contributed by atoms with Crippen molar-refractivity contribution in [3.8, 4) is 17.0 Å². The molecule has 2 aromatic heterocycles. The number of amides is 1. The van der Waals surface area contributed by atoms with Gasteiger partial charge in [-0.15, -0.1) is 0 Å². The van der Waals surface area contributed by atoms with Crippen LogP contribution in [-0.2, 0) is 4.74 Å². The topological polar surface area (TPSA) is 76.2 Å². The highest BCUT2D eigenvalue weighted by Crippen LogP contribution is 2.33. The molecule has 4 aromatic rings. The van der Waals surface area contributed by atoms with Gasteiger partial charge in [0.25, 0.3) is 5.91 Å². The van der Waals surface area contributed by atoms with Crippen LogP contribution >= 0.6 is 0 Å². The van der Waals surface area contributed by atoms with Crippen molar-refractivity contribution in [1.29, 1.82) is 0 Å². The minimum atomic E-state index is -0.193. The molecule has 1 saturated heterocycles. The van der Waals surface area contributed by atoms with Gasteiger partial charge in [-0.3, -0.25) is 4.79 Å². The van der Waals surface area contributed by atoms with Crippen LogP contribution in [-0.4, -0.2) is 42.2 Å². The molecule has 2 aromatic carbocycles. The average Bonchev–Trinajstić information content (AvgIpc) is 3.44. The van der Waals surface area contributed by atoms with Gasteiger partial charge in [-0.25, -0.2) is 4.98 Å². The van der Waals surface area contributed by atoms with Crippen molar-refractivity contribution < 1.29 is 14.3 Å². The number of methoxy groups -OCH3 is 1. The number of H-pyrrole nitrogens is 1.